The summed E-state index contributed by atoms with van der Waals surface area (Å²) in [7, 11) is 0. The second-order valence-electron chi connectivity index (χ2n) is 6.44. The van der Waals surface area contributed by atoms with Crippen LogP contribution in [-0.4, -0.2) is 0 Å². The van der Waals surface area contributed by atoms with Gasteiger partial charge in [-0.2, -0.15) is 13.2 Å². The van der Waals surface area contributed by atoms with Crippen LogP contribution >= 0.6 is 23.2 Å². The van der Waals surface area contributed by atoms with Gasteiger partial charge in [0.25, 0.3) is 0 Å². The van der Waals surface area contributed by atoms with Crippen LogP contribution in [-0.2, 0) is 6.18 Å². The number of nitrogens with one attached hydrogen (secondary N) is 1. The zero-order chi connectivity index (χ0) is 17.8. The summed E-state index contributed by atoms with van der Waals surface area (Å²) >= 11 is 12.4. The molecular formula is C19H14Cl2F3N. The Labute approximate surface area is 153 Å². The van der Waals surface area contributed by atoms with Crippen molar-refractivity contribution in [2.24, 2.45) is 5.92 Å². The lowest BCUT2D eigenvalue weighted by Crippen LogP contribution is -2.29. The Balaban J connectivity index is 1.78. The molecule has 130 valence electrons. The van der Waals surface area contributed by atoms with Crippen molar-refractivity contribution in [3.63, 3.8) is 0 Å². The molecule has 2 aromatic carbocycles. The molecule has 1 aliphatic carbocycles. The van der Waals surface area contributed by atoms with Crippen LogP contribution in [0.3, 0.4) is 0 Å². The SMILES string of the molecule is FC(F)(F)c1ccc2c(c1)[C@@H]1C=CC[C@@H]1[C@@H](c1ccc(Cl)cc1Cl)N2. The molecule has 1 nitrogen and oxygen atoms in total. The highest BCUT2D eigenvalue weighted by Gasteiger charge is 2.40. The molecule has 6 heteroatoms. The van der Waals surface area contributed by atoms with Gasteiger partial charge in [0.05, 0.1) is 11.6 Å². The average molecular weight is 384 g/mol. The third-order valence-corrected chi connectivity index (χ3v) is 5.55. The third-order valence-electron chi connectivity index (χ3n) is 4.99. The lowest BCUT2D eigenvalue weighted by atomic mass is 9.76. The van der Waals surface area contributed by atoms with Gasteiger partial charge in [-0.25, -0.2) is 0 Å². The van der Waals surface area contributed by atoms with Crippen LogP contribution in [0.5, 0.6) is 0 Å². The minimum atomic E-state index is -4.34. The third kappa shape index (κ3) is 2.91. The zero-order valence-electron chi connectivity index (χ0n) is 12.9. The van der Waals surface area contributed by atoms with E-state index in [1.165, 1.54) is 12.1 Å². The highest BCUT2D eigenvalue weighted by molar-refractivity contribution is 6.35. The summed E-state index contributed by atoms with van der Waals surface area (Å²) in [6, 6.07) is 9.17. The number of fused-ring (bicyclic) bond motifs is 3. The Kier molecular flexibility index (Phi) is 4.00. The molecule has 0 amide bonds. The van der Waals surface area contributed by atoms with Crippen LogP contribution in [0, 0.1) is 5.92 Å². The molecule has 0 spiro atoms. The van der Waals surface area contributed by atoms with E-state index in [0.29, 0.717) is 15.6 Å². The number of alkyl halides is 3. The largest absolute Gasteiger partial charge is 0.416 e. The van der Waals surface area contributed by atoms with Gasteiger partial charge in [0, 0.05) is 21.7 Å². The highest BCUT2D eigenvalue weighted by Crippen LogP contribution is 2.51. The molecule has 1 aliphatic heterocycles. The first kappa shape index (κ1) is 16.8. The standard InChI is InChI=1S/C19H14Cl2F3N/c20-11-5-6-14(16(21)9-11)18-13-3-1-2-12(13)15-8-10(19(22,23)24)4-7-17(15)25-18/h1-2,4-9,12-13,18,25H,3H2/t12-,13+,18+/m1/s1. The molecule has 0 bridgehead atoms. The molecule has 0 fully saturated rings. The first-order chi connectivity index (χ1) is 11.8. The molecule has 0 saturated carbocycles. The van der Waals surface area contributed by atoms with Gasteiger partial charge in [0.2, 0.25) is 0 Å². The van der Waals surface area contributed by atoms with Crippen molar-refractivity contribution in [2.45, 2.75) is 24.6 Å². The van der Waals surface area contributed by atoms with E-state index < -0.39 is 11.7 Å². The van der Waals surface area contributed by atoms with Gasteiger partial charge in [0.15, 0.2) is 0 Å². The first-order valence-electron chi connectivity index (χ1n) is 7.94. The average Bonchev–Trinajstić information content (AvgIpc) is 3.03. The van der Waals surface area contributed by atoms with Crippen molar-refractivity contribution in [1.29, 1.82) is 0 Å². The summed E-state index contributed by atoms with van der Waals surface area (Å²) in [5, 5.41) is 4.51. The van der Waals surface area contributed by atoms with Gasteiger partial charge >= 0.3 is 6.18 Å². The van der Waals surface area contributed by atoms with Crippen LogP contribution in [0.1, 0.15) is 35.1 Å². The monoisotopic (exact) mass is 383 g/mol. The molecule has 0 unspecified atom stereocenters. The summed E-state index contributed by atoms with van der Waals surface area (Å²) < 4.78 is 39.2. The molecular weight excluding hydrogens is 370 g/mol. The van der Waals surface area contributed by atoms with Crippen molar-refractivity contribution in [3.05, 3.63) is 75.3 Å². The van der Waals surface area contributed by atoms with E-state index in [4.69, 9.17) is 23.2 Å². The molecule has 0 radical (unpaired) electrons. The quantitative estimate of drug-likeness (QED) is 0.531. The fourth-order valence-corrected chi connectivity index (χ4v) is 4.36. The lowest BCUT2D eigenvalue weighted by Gasteiger charge is -2.38. The lowest BCUT2D eigenvalue weighted by molar-refractivity contribution is -0.137. The topological polar surface area (TPSA) is 12.0 Å². The summed E-state index contributed by atoms with van der Waals surface area (Å²) in [5.74, 6) is 0.0601. The van der Waals surface area contributed by atoms with Crippen molar-refractivity contribution >= 4 is 28.9 Å². The van der Waals surface area contributed by atoms with E-state index >= 15 is 0 Å². The summed E-state index contributed by atoms with van der Waals surface area (Å²) in [6.07, 6.45) is 0.477. The second kappa shape index (κ2) is 5.96. The maximum Gasteiger partial charge on any atom is 0.416 e. The van der Waals surface area contributed by atoms with E-state index in [1.54, 1.807) is 12.1 Å². The fraction of sp³-hybridized carbons (Fsp3) is 0.263. The summed E-state index contributed by atoms with van der Waals surface area (Å²) in [6.45, 7) is 0. The van der Waals surface area contributed by atoms with E-state index in [9.17, 15) is 13.2 Å². The molecule has 2 aliphatic rings. The maximum atomic E-state index is 13.1. The van der Waals surface area contributed by atoms with Gasteiger partial charge in [0.1, 0.15) is 0 Å². The van der Waals surface area contributed by atoms with Gasteiger partial charge in [-0.05, 0) is 53.8 Å². The van der Waals surface area contributed by atoms with Crippen LogP contribution in [0.25, 0.3) is 0 Å². The minimum absolute atomic E-state index is 0.0599. The smallest absolute Gasteiger partial charge is 0.378 e. The highest BCUT2D eigenvalue weighted by atomic mass is 35.5. The fourth-order valence-electron chi connectivity index (χ4n) is 3.83. The molecule has 0 aromatic heterocycles. The first-order valence-corrected chi connectivity index (χ1v) is 8.69. The van der Waals surface area contributed by atoms with Crippen LogP contribution in [0.4, 0.5) is 18.9 Å². The molecule has 25 heavy (non-hydrogen) atoms. The minimum Gasteiger partial charge on any atom is -0.378 e. The predicted octanol–water partition coefficient (Wildman–Crippen LogP) is 6.84. The second-order valence-corrected chi connectivity index (χ2v) is 7.28. The van der Waals surface area contributed by atoms with E-state index in [2.05, 4.69) is 5.32 Å². The number of allylic oxidation sites excluding steroid dienone is 2. The Morgan fingerprint density at radius 1 is 1.00 bits per heavy atom. The molecule has 4 rings (SSSR count). The Hall–Kier alpha value is -1.65. The van der Waals surface area contributed by atoms with Gasteiger partial charge < -0.3 is 5.32 Å². The molecule has 1 N–H and O–H groups in total. The maximum absolute atomic E-state index is 13.1. The molecule has 0 saturated heterocycles. The summed E-state index contributed by atoms with van der Waals surface area (Å²) in [5.41, 5.74) is 1.71. The van der Waals surface area contributed by atoms with Crippen LogP contribution < -0.4 is 5.32 Å². The van der Waals surface area contributed by atoms with Crippen molar-refractivity contribution < 1.29 is 13.2 Å². The number of hydrogen-bond donors (Lipinski definition) is 1. The Bertz CT molecular complexity index is 860. The van der Waals surface area contributed by atoms with Crippen molar-refractivity contribution in [1.82, 2.24) is 0 Å². The van der Waals surface area contributed by atoms with Crippen molar-refractivity contribution in [3.8, 4) is 0 Å². The number of hydrogen-bond acceptors (Lipinski definition) is 1. The van der Waals surface area contributed by atoms with Crippen LogP contribution in [0.15, 0.2) is 48.6 Å². The van der Waals surface area contributed by atoms with E-state index in [1.807, 2.05) is 18.2 Å². The number of anilines is 1. The van der Waals surface area contributed by atoms with E-state index in [0.717, 1.165) is 23.7 Å². The van der Waals surface area contributed by atoms with Crippen LogP contribution in [0.2, 0.25) is 10.0 Å². The summed E-state index contributed by atoms with van der Waals surface area (Å²) in [4.78, 5) is 0. The van der Waals surface area contributed by atoms with E-state index in [-0.39, 0.29) is 17.9 Å². The molecule has 1 heterocycles. The Morgan fingerprint density at radius 3 is 2.52 bits per heavy atom. The normalized spacial score (nSPS) is 24.6. The number of rotatable bonds is 1. The van der Waals surface area contributed by atoms with Gasteiger partial charge in [-0.1, -0.05) is 41.4 Å². The molecule has 2 aromatic rings. The number of halogens is 5. The van der Waals surface area contributed by atoms with Crippen molar-refractivity contribution in [2.75, 3.05) is 5.32 Å². The Morgan fingerprint density at radius 2 is 1.80 bits per heavy atom. The molecule has 3 atom stereocenters. The number of benzene rings is 2. The van der Waals surface area contributed by atoms with Gasteiger partial charge in [-0.15, -0.1) is 0 Å². The zero-order valence-corrected chi connectivity index (χ0v) is 14.5. The van der Waals surface area contributed by atoms with Gasteiger partial charge in [-0.3, -0.25) is 0 Å². The predicted molar refractivity (Wildman–Crippen MR) is 94.3 cm³/mol.